The third-order valence-corrected chi connectivity index (χ3v) is 4.96. The third-order valence-electron chi connectivity index (χ3n) is 4.15. The van der Waals surface area contributed by atoms with Gasteiger partial charge in [0, 0.05) is 18.5 Å². The number of carbonyl (C=O) groups excluding carboxylic acids is 2. The minimum absolute atomic E-state index is 0.0366. The van der Waals surface area contributed by atoms with E-state index in [1.807, 2.05) is 19.1 Å². The molecular weight excluding hydrogens is 388 g/mol. The summed E-state index contributed by atoms with van der Waals surface area (Å²) >= 11 is 1.26. The number of nitriles is 1. The maximum absolute atomic E-state index is 12.8. The molecule has 1 N–H and O–H groups in total. The summed E-state index contributed by atoms with van der Waals surface area (Å²) in [5.41, 5.74) is 2.17. The molecule has 7 nitrogen and oxygen atoms in total. The lowest BCUT2D eigenvalue weighted by atomic mass is 10.1. The van der Waals surface area contributed by atoms with Crippen LogP contribution in [0.25, 0.3) is 0 Å². The fraction of sp³-hybridized carbons (Fsp3) is 0.238. The summed E-state index contributed by atoms with van der Waals surface area (Å²) in [5, 5.41) is 13.8. The zero-order valence-corrected chi connectivity index (χ0v) is 16.7. The highest BCUT2D eigenvalue weighted by Crippen LogP contribution is 2.18. The van der Waals surface area contributed by atoms with E-state index >= 15 is 0 Å². The van der Waals surface area contributed by atoms with Gasteiger partial charge in [0.15, 0.2) is 10.9 Å². The van der Waals surface area contributed by atoms with Gasteiger partial charge < -0.3 is 9.32 Å². The predicted molar refractivity (Wildman–Crippen MR) is 109 cm³/mol. The highest BCUT2D eigenvalue weighted by molar-refractivity contribution is 7.14. The Morgan fingerprint density at radius 2 is 2.07 bits per heavy atom. The first-order valence-electron chi connectivity index (χ1n) is 9.15. The second-order valence-electron chi connectivity index (χ2n) is 6.38. The number of amides is 2. The lowest BCUT2D eigenvalue weighted by Crippen LogP contribution is -2.32. The predicted octanol–water partition coefficient (Wildman–Crippen LogP) is 3.84. The van der Waals surface area contributed by atoms with Crippen molar-refractivity contribution in [2.24, 2.45) is 0 Å². The summed E-state index contributed by atoms with van der Waals surface area (Å²) in [4.78, 5) is 30.9. The Morgan fingerprint density at radius 3 is 2.72 bits per heavy atom. The number of benzene rings is 1. The molecule has 0 saturated carbocycles. The first kappa shape index (κ1) is 20.3. The standard InChI is InChI=1S/C21H20N4O3S/c1-2-9-25(13-16-7-5-15(12-22)6-8-16)19(26)11-17-14-29-21(23-17)24-20(27)18-4-3-10-28-18/h3-8,10,14H,2,9,11,13H2,1H3,(H,23,24,27). The monoisotopic (exact) mass is 408 g/mol. The van der Waals surface area contributed by atoms with Crippen LogP contribution in [-0.2, 0) is 17.8 Å². The summed E-state index contributed by atoms with van der Waals surface area (Å²) in [5.74, 6) is -0.213. The van der Waals surface area contributed by atoms with Crippen LogP contribution in [-0.4, -0.2) is 28.2 Å². The van der Waals surface area contributed by atoms with Crippen LogP contribution in [0.4, 0.5) is 5.13 Å². The number of nitrogens with zero attached hydrogens (tertiary/aromatic N) is 3. The second-order valence-corrected chi connectivity index (χ2v) is 7.23. The van der Waals surface area contributed by atoms with Crippen LogP contribution in [0.5, 0.6) is 0 Å². The lowest BCUT2D eigenvalue weighted by Gasteiger charge is -2.22. The molecule has 0 saturated heterocycles. The molecule has 2 heterocycles. The summed E-state index contributed by atoms with van der Waals surface area (Å²) in [6.07, 6.45) is 2.42. The fourth-order valence-corrected chi connectivity index (χ4v) is 3.45. The van der Waals surface area contributed by atoms with Crippen molar-refractivity contribution in [2.75, 3.05) is 11.9 Å². The van der Waals surface area contributed by atoms with Gasteiger partial charge in [-0.05, 0) is 36.2 Å². The van der Waals surface area contributed by atoms with Crippen molar-refractivity contribution in [1.82, 2.24) is 9.88 Å². The van der Waals surface area contributed by atoms with Crippen molar-refractivity contribution in [1.29, 1.82) is 5.26 Å². The molecule has 29 heavy (non-hydrogen) atoms. The number of hydrogen-bond donors (Lipinski definition) is 1. The largest absolute Gasteiger partial charge is 0.459 e. The molecule has 0 radical (unpaired) electrons. The molecular formula is C21H20N4O3S. The number of hydrogen-bond acceptors (Lipinski definition) is 6. The van der Waals surface area contributed by atoms with Crippen molar-refractivity contribution in [3.05, 3.63) is 70.6 Å². The summed E-state index contributed by atoms with van der Waals surface area (Å²) in [7, 11) is 0. The van der Waals surface area contributed by atoms with Gasteiger partial charge in [0.2, 0.25) is 5.91 Å². The molecule has 8 heteroatoms. The minimum Gasteiger partial charge on any atom is -0.459 e. The SMILES string of the molecule is CCCN(Cc1ccc(C#N)cc1)C(=O)Cc1csc(NC(=O)c2ccco2)n1. The molecule has 0 spiro atoms. The second kappa shape index (κ2) is 9.66. The van der Waals surface area contributed by atoms with Crippen molar-refractivity contribution < 1.29 is 14.0 Å². The summed E-state index contributed by atoms with van der Waals surface area (Å²) in [6.45, 7) is 3.12. The molecule has 0 aliphatic rings. The molecule has 1 aromatic carbocycles. The maximum atomic E-state index is 12.8. The van der Waals surface area contributed by atoms with E-state index in [0.29, 0.717) is 29.5 Å². The Labute approximate surface area is 172 Å². The van der Waals surface area contributed by atoms with E-state index in [-0.39, 0.29) is 24.0 Å². The van der Waals surface area contributed by atoms with Gasteiger partial charge in [-0.1, -0.05) is 19.1 Å². The van der Waals surface area contributed by atoms with Crippen LogP contribution in [0.15, 0.2) is 52.5 Å². The molecule has 2 aromatic heterocycles. The number of carbonyl (C=O) groups is 2. The average molecular weight is 408 g/mol. The number of aromatic nitrogens is 1. The highest BCUT2D eigenvalue weighted by Gasteiger charge is 2.17. The van der Waals surface area contributed by atoms with Crippen molar-refractivity contribution in [2.45, 2.75) is 26.3 Å². The van der Waals surface area contributed by atoms with Crippen LogP contribution < -0.4 is 5.32 Å². The molecule has 0 aliphatic carbocycles. The van der Waals surface area contributed by atoms with E-state index in [2.05, 4.69) is 16.4 Å². The molecule has 3 aromatic rings. The smallest absolute Gasteiger partial charge is 0.293 e. The highest BCUT2D eigenvalue weighted by atomic mass is 32.1. The van der Waals surface area contributed by atoms with E-state index < -0.39 is 0 Å². The van der Waals surface area contributed by atoms with Gasteiger partial charge in [-0.2, -0.15) is 5.26 Å². The number of thiazole rings is 1. The Hall–Kier alpha value is -3.44. The number of anilines is 1. The van der Waals surface area contributed by atoms with Gasteiger partial charge in [-0.3, -0.25) is 14.9 Å². The van der Waals surface area contributed by atoms with Gasteiger partial charge in [0.1, 0.15) is 0 Å². The normalized spacial score (nSPS) is 10.3. The molecule has 2 amide bonds. The summed E-state index contributed by atoms with van der Waals surface area (Å²) in [6, 6.07) is 12.5. The van der Waals surface area contributed by atoms with Gasteiger partial charge in [-0.15, -0.1) is 11.3 Å². The molecule has 0 fully saturated rings. The van der Waals surface area contributed by atoms with Crippen molar-refractivity contribution in [3.63, 3.8) is 0 Å². The topological polar surface area (TPSA) is 99.2 Å². The van der Waals surface area contributed by atoms with Crippen LogP contribution >= 0.6 is 11.3 Å². The van der Waals surface area contributed by atoms with Gasteiger partial charge in [0.05, 0.1) is 30.0 Å². The Kier molecular flexibility index (Phi) is 6.76. The first-order valence-corrected chi connectivity index (χ1v) is 10.0. The van der Waals surface area contributed by atoms with E-state index in [9.17, 15) is 9.59 Å². The lowest BCUT2D eigenvalue weighted by molar-refractivity contribution is -0.131. The molecule has 0 bridgehead atoms. The zero-order chi connectivity index (χ0) is 20.6. The van der Waals surface area contributed by atoms with E-state index in [1.165, 1.54) is 17.6 Å². The molecule has 0 atom stereocenters. The van der Waals surface area contributed by atoms with Crippen LogP contribution in [0.2, 0.25) is 0 Å². The van der Waals surface area contributed by atoms with Crippen LogP contribution in [0.1, 0.15) is 40.7 Å². The minimum atomic E-state index is -0.379. The summed E-state index contributed by atoms with van der Waals surface area (Å²) < 4.78 is 5.05. The maximum Gasteiger partial charge on any atom is 0.293 e. The van der Waals surface area contributed by atoms with Crippen LogP contribution in [0.3, 0.4) is 0 Å². The van der Waals surface area contributed by atoms with Gasteiger partial charge in [0.25, 0.3) is 5.91 Å². The molecule has 148 valence electrons. The number of furan rings is 1. The quantitative estimate of drug-likeness (QED) is 0.610. The zero-order valence-electron chi connectivity index (χ0n) is 15.9. The van der Waals surface area contributed by atoms with E-state index in [0.717, 1.165) is 12.0 Å². The first-order chi connectivity index (χ1) is 14.1. The van der Waals surface area contributed by atoms with Gasteiger partial charge in [-0.25, -0.2) is 4.98 Å². The van der Waals surface area contributed by atoms with Crippen molar-refractivity contribution in [3.8, 4) is 6.07 Å². The Morgan fingerprint density at radius 1 is 1.28 bits per heavy atom. The van der Waals surface area contributed by atoms with Crippen molar-refractivity contribution >= 4 is 28.3 Å². The average Bonchev–Trinajstić information content (AvgIpc) is 3.40. The van der Waals surface area contributed by atoms with E-state index in [4.69, 9.17) is 9.68 Å². The molecule has 0 unspecified atom stereocenters. The molecule has 3 rings (SSSR count). The fourth-order valence-electron chi connectivity index (χ4n) is 2.75. The number of rotatable bonds is 8. The molecule has 0 aliphatic heterocycles. The Bertz CT molecular complexity index is 1000. The van der Waals surface area contributed by atoms with Gasteiger partial charge >= 0.3 is 0 Å². The third kappa shape index (κ3) is 5.53. The van der Waals surface area contributed by atoms with E-state index in [1.54, 1.807) is 34.5 Å². The Balaban J connectivity index is 1.61. The van der Waals surface area contributed by atoms with Crippen LogP contribution in [0, 0.1) is 11.3 Å². The number of nitrogens with one attached hydrogen (secondary N) is 1.